The zero-order chi connectivity index (χ0) is 12.8. The maximum absolute atomic E-state index is 3.61. The molecule has 2 N–H and O–H groups in total. The minimum absolute atomic E-state index is 0.831. The molecule has 0 saturated carbocycles. The third-order valence-corrected chi connectivity index (χ3v) is 3.91. The molecule has 2 rings (SSSR count). The van der Waals surface area contributed by atoms with Crippen molar-refractivity contribution in [3.8, 4) is 0 Å². The molecule has 0 aromatic heterocycles. The molecule has 100 valence electrons. The van der Waals surface area contributed by atoms with E-state index in [2.05, 4.69) is 42.7 Å². The largest absolute Gasteiger partial charge is 0.316 e. The lowest BCUT2D eigenvalue weighted by Gasteiger charge is -2.23. The van der Waals surface area contributed by atoms with E-state index in [1.54, 1.807) is 0 Å². The predicted molar refractivity (Wildman–Crippen MR) is 78.1 cm³/mol. The molecule has 2 nitrogen and oxygen atoms in total. The predicted octanol–water partition coefficient (Wildman–Crippen LogP) is 2.44. The highest BCUT2D eigenvalue weighted by atomic mass is 14.9. The molecule has 1 aromatic rings. The Balaban J connectivity index is 1.69. The molecule has 0 spiro atoms. The van der Waals surface area contributed by atoms with Gasteiger partial charge in [-0.3, -0.25) is 0 Å². The van der Waals surface area contributed by atoms with E-state index in [0.29, 0.717) is 0 Å². The SMILES string of the molecule is Cc1ccc(C)c(CCNCC2CCCNC2)c1. The van der Waals surface area contributed by atoms with E-state index in [0.717, 1.165) is 25.4 Å². The van der Waals surface area contributed by atoms with Gasteiger partial charge in [0.1, 0.15) is 0 Å². The molecule has 0 radical (unpaired) electrons. The van der Waals surface area contributed by atoms with E-state index in [1.165, 1.54) is 42.6 Å². The summed E-state index contributed by atoms with van der Waals surface area (Å²) in [5, 5.41) is 7.08. The lowest BCUT2D eigenvalue weighted by Crippen LogP contribution is -2.36. The van der Waals surface area contributed by atoms with Crippen molar-refractivity contribution in [1.82, 2.24) is 10.6 Å². The Kier molecular flexibility index (Phi) is 5.21. The smallest absolute Gasteiger partial charge is 0.000812 e. The van der Waals surface area contributed by atoms with Gasteiger partial charge in [0.05, 0.1) is 0 Å². The summed E-state index contributed by atoms with van der Waals surface area (Å²) < 4.78 is 0. The average molecular weight is 246 g/mol. The molecule has 1 aliphatic rings. The van der Waals surface area contributed by atoms with Crippen LogP contribution in [0.2, 0.25) is 0 Å². The Labute approximate surface area is 111 Å². The molecular weight excluding hydrogens is 220 g/mol. The van der Waals surface area contributed by atoms with Gasteiger partial charge in [-0.2, -0.15) is 0 Å². The van der Waals surface area contributed by atoms with Gasteiger partial charge in [-0.05, 0) is 76.3 Å². The van der Waals surface area contributed by atoms with Gasteiger partial charge >= 0.3 is 0 Å². The van der Waals surface area contributed by atoms with Crippen LogP contribution in [0.1, 0.15) is 29.5 Å². The van der Waals surface area contributed by atoms with Crippen LogP contribution in [0.5, 0.6) is 0 Å². The summed E-state index contributed by atoms with van der Waals surface area (Å²) in [5.41, 5.74) is 4.28. The van der Waals surface area contributed by atoms with Crippen molar-refractivity contribution in [3.05, 3.63) is 34.9 Å². The molecule has 0 amide bonds. The summed E-state index contributed by atoms with van der Waals surface area (Å²) in [6, 6.07) is 6.74. The Morgan fingerprint density at radius 2 is 2.22 bits per heavy atom. The Hall–Kier alpha value is -0.860. The Bertz CT molecular complexity index is 367. The second kappa shape index (κ2) is 6.91. The molecule has 1 saturated heterocycles. The fourth-order valence-corrected chi connectivity index (χ4v) is 2.70. The first-order valence-electron chi connectivity index (χ1n) is 7.23. The van der Waals surface area contributed by atoms with Gasteiger partial charge in [-0.25, -0.2) is 0 Å². The van der Waals surface area contributed by atoms with Crippen LogP contribution in [-0.4, -0.2) is 26.2 Å². The van der Waals surface area contributed by atoms with Gasteiger partial charge in [0, 0.05) is 0 Å². The molecular formula is C16H26N2. The molecule has 1 atom stereocenters. The number of nitrogens with one attached hydrogen (secondary N) is 2. The van der Waals surface area contributed by atoms with Gasteiger partial charge in [-0.1, -0.05) is 23.8 Å². The first kappa shape index (κ1) is 13.6. The van der Waals surface area contributed by atoms with E-state index in [-0.39, 0.29) is 0 Å². The van der Waals surface area contributed by atoms with E-state index < -0.39 is 0 Å². The topological polar surface area (TPSA) is 24.1 Å². The maximum atomic E-state index is 3.61. The number of benzene rings is 1. The molecule has 0 aliphatic carbocycles. The van der Waals surface area contributed by atoms with Crippen LogP contribution in [0.25, 0.3) is 0 Å². The Morgan fingerprint density at radius 3 is 3.00 bits per heavy atom. The molecule has 1 aromatic carbocycles. The maximum Gasteiger partial charge on any atom is -0.000812 e. The number of hydrogen-bond acceptors (Lipinski definition) is 2. The highest BCUT2D eigenvalue weighted by Gasteiger charge is 2.11. The van der Waals surface area contributed by atoms with Crippen molar-refractivity contribution in [2.75, 3.05) is 26.2 Å². The molecule has 0 bridgehead atoms. The summed E-state index contributed by atoms with van der Waals surface area (Å²) in [6.07, 6.45) is 3.86. The van der Waals surface area contributed by atoms with Crippen molar-refractivity contribution in [2.24, 2.45) is 5.92 Å². The first-order valence-corrected chi connectivity index (χ1v) is 7.23. The zero-order valence-corrected chi connectivity index (χ0v) is 11.8. The molecule has 1 heterocycles. The number of aryl methyl sites for hydroxylation is 2. The molecule has 1 unspecified atom stereocenters. The standard InChI is InChI=1S/C16H26N2/c1-13-5-6-14(2)16(10-13)7-9-18-12-15-4-3-8-17-11-15/h5-6,10,15,17-18H,3-4,7-9,11-12H2,1-2H3. The molecule has 18 heavy (non-hydrogen) atoms. The second-order valence-electron chi connectivity index (χ2n) is 5.60. The van der Waals surface area contributed by atoms with E-state index in [4.69, 9.17) is 0 Å². The van der Waals surface area contributed by atoms with Crippen LogP contribution < -0.4 is 10.6 Å². The highest BCUT2D eigenvalue weighted by molar-refractivity contribution is 5.30. The van der Waals surface area contributed by atoms with Crippen LogP contribution in [0, 0.1) is 19.8 Å². The molecule has 1 aliphatic heterocycles. The summed E-state index contributed by atoms with van der Waals surface area (Å²) in [7, 11) is 0. The third kappa shape index (κ3) is 4.11. The summed E-state index contributed by atoms with van der Waals surface area (Å²) in [6.45, 7) is 9.04. The van der Waals surface area contributed by atoms with Crippen LogP contribution in [0.3, 0.4) is 0 Å². The zero-order valence-electron chi connectivity index (χ0n) is 11.8. The van der Waals surface area contributed by atoms with Gasteiger partial charge in [-0.15, -0.1) is 0 Å². The van der Waals surface area contributed by atoms with Crippen molar-refractivity contribution in [1.29, 1.82) is 0 Å². The van der Waals surface area contributed by atoms with Gasteiger partial charge in [0.15, 0.2) is 0 Å². The monoisotopic (exact) mass is 246 g/mol. The van der Waals surface area contributed by atoms with E-state index in [1.807, 2.05) is 0 Å². The van der Waals surface area contributed by atoms with Crippen LogP contribution in [0.4, 0.5) is 0 Å². The van der Waals surface area contributed by atoms with Crippen LogP contribution in [-0.2, 0) is 6.42 Å². The van der Waals surface area contributed by atoms with Crippen molar-refractivity contribution >= 4 is 0 Å². The van der Waals surface area contributed by atoms with E-state index >= 15 is 0 Å². The normalized spacial score (nSPS) is 20.0. The van der Waals surface area contributed by atoms with Gasteiger partial charge in [0.2, 0.25) is 0 Å². The van der Waals surface area contributed by atoms with Crippen LogP contribution in [0.15, 0.2) is 18.2 Å². The summed E-state index contributed by atoms with van der Waals surface area (Å²) >= 11 is 0. The lowest BCUT2D eigenvalue weighted by molar-refractivity contribution is 0.361. The first-order chi connectivity index (χ1) is 8.75. The average Bonchev–Trinajstić information content (AvgIpc) is 2.40. The van der Waals surface area contributed by atoms with Crippen molar-refractivity contribution in [3.63, 3.8) is 0 Å². The Morgan fingerprint density at radius 1 is 1.33 bits per heavy atom. The van der Waals surface area contributed by atoms with Crippen molar-refractivity contribution < 1.29 is 0 Å². The highest BCUT2D eigenvalue weighted by Crippen LogP contribution is 2.11. The molecule has 2 heteroatoms. The van der Waals surface area contributed by atoms with E-state index in [9.17, 15) is 0 Å². The fourth-order valence-electron chi connectivity index (χ4n) is 2.70. The third-order valence-electron chi connectivity index (χ3n) is 3.91. The minimum Gasteiger partial charge on any atom is -0.316 e. The molecule has 1 fully saturated rings. The summed E-state index contributed by atoms with van der Waals surface area (Å²) in [5.74, 6) is 0.831. The minimum atomic E-state index is 0.831. The van der Waals surface area contributed by atoms with Crippen LogP contribution >= 0.6 is 0 Å². The van der Waals surface area contributed by atoms with Gasteiger partial charge < -0.3 is 10.6 Å². The second-order valence-corrected chi connectivity index (χ2v) is 5.60. The summed E-state index contributed by atoms with van der Waals surface area (Å²) in [4.78, 5) is 0. The lowest BCUT2D eigenvalue weighted by atomic mass is 9.99. The fraction of sp³-hybridized carbons (Fsp3) is 0.625. The number of hydrogen-bond donors (Lipinski definition) is 2. The van der Waals surface area contributed by atoms with Gasteiger partial charge in [0.25, 0.3) is 0 Å². The van der Waals surface area contributed by atoms with Crippen molar-refractivity contribution in [2.45, 2.75) is 33.1 Å². The quantitative estimate of drug-likeness (QED) is 0.780. The number of piperidine rings is 1. The number of rotatable bonds is 5.